The van der Waals surface area contributed by atoms with E-state index in [-0.39, 0.29) is 24.3 Å². The first-order valence-electron chi connectivity index (χ1n) is 7.63. The number of hydrogen-bond acceptors (Lipinski definition) is 5. The Kier molecular flexibility index (Phi) is 6.40. The molecule has 1 aliphatic rings. The maximum Gasteiger partial charge on any atom is 0.409 e. The summed E-state index contributed by atoms with van der Waals surface area (Å²) >= 11 is 1.37. The minimum atomic E-state index is -0.331. The molecule has 0 bridgehead atoms. The summed E-state index contributed by atoms with van der Waals surface area (Å²) in [7, 11) is 0. The van der Waals surface area contributed by atoms with Gasteiger partial charge in [-0.25, -0.2) is 4.79 Å². The van der Waals surface area contributed by atoms with E-state index in [0.29, 0.717) is 44.2 Å². The first kappa shape index (κ1) is 17.3. The van der Waals surface area contributed by atoms with Crippen molar-refractivity contribution >= 4 is 29.2 Å². The average Bonchev–Trinajstić information content (AvgIpc) is 3.09. The molecule has 23 heavy (non-hydrogen) atoms. The Morgan fingerprint density at radius 1 is 1.22 bits per heavy atom. The molecule has 2 rings (SSSR count). The van der Waals surface area contributed by atoms with Crippen molar-refractivity contribution < 1.29 is 19.1 Å². The number of ether oxygens (including phenoxy) is 1. The van der Waals surface area contributed by atoms with E-state index in [4.69, 9.17) is 4.74 Å². The van der Waals surface area contributed by atoms with Gasteiger partial charge < -0.3 is 19.9 Å². The van der Waals surface area contributed by atoms with Gasteiger partial charge in [0.1, 0.15) is 0 Å². The van der Waals surface area contributed by atoms with Crippen molar-refractivity contribution in [1.82, 2.24) is 15.1 Å². The molecule has 1 aromatic rings. The fourth-order valence-electron chi connectivity index (χ4n) is 2.29. The molecule has 0 aliphatic carbocycles. The van der Waals surface area contributed by atoms with Crippen LogP contribution in [0.3, 0.4) is 0 Å². The lowest BCUT2D eigenvalue weighted by molar-refractivity contribution is -0.132. The van der Waals surface area contributed by atoms with Crippen LogP contribution in [0.1, 0.15) is 23.0 Å². The van der Waals surface area contributed by atoms with Crippen LogP contribution in [0.4, 0.5) is 4.79 Å². The summed E-state index contributed by atoms with van der Waals surface area (Å²) < 4.78 is 4.94. The first-order valence-corrected chi connectivity index (χ1v) is 8.51. The van der Waals surface area contributed by atoms with Gasteiger partial charge in [-0.05, 0) is 18.4 Å². The standard InChI is InChI=1S/C15H21N3O4S/c1-2-22-15(21)18-9-7-17(8-10-18)13(19)5-6-16-14(20)12-4-3-11-23-12/h3-4,11H,2,5-10H2,1H3,(H,16,20). The molecule has 1 saturated heterocycles. The molecule has 2 heterocycles. The molecule has 0 spiro atoms. The largest absolute Gasteiger partial charge is 0.450 e. The molecule has 3 amide bonds. The van der Waals surface area contributed by atoms with E-state index in [1.54, 1.807) is 22.8 Å². The molecule has 1 fully saturated rings. The number of thiophene rings is 1. The Labute approximate surface area is 139 Å². The molecule has 1 aromatic heterocycles. The van der Waals surface area contributed by atoms with E-state index in [2.05, 4.69) is 5.32 Å². The fourth-order valence-corrected chi connectivity index (χ4v) is 2.93. The minimum Gasteiger partial charge on any atom is -0.450 e. The minimum absolute atomic E-state index is 0.0139. The molecule has 1 aliphatic heterocycles. The van der Waals surface area contributed by atoms with Crippen LogP contribution in [-0.4, -0.2) is 67.0 Å². The van der Waals surface area contributed by atoms with Crippen molar-refractivity contribution in [2.24, 2.45) is 0 Å². The molecular formula is C15H21N3O4S. The highest BCUT2D eigenvalue weighted by atomic mass is 32.1. The lowest BCUT2D eigenvalue weighted by atomic mass is 10.3. The first-order chi connectivity index (χ1) is 11.1. The van der Waals surface area contributed by atoms with Gasteiger partial charge in [0, 0.05) is 39.1 Å². The normalized spacial score (nSPS) is 14.5. The second-order valence-corrected chi connectivity index (χ2v) is 6.00. The summed E-state index contributed by atoms with van der Waals surface area (Å²) in [6.07, 6.45) is -0.0703. The number of piperazine rings is 1. The number of carbonyl (C=O) groups is 3. The maximum atomic E-state index is 12.1. The van der Waals surface area contributed by atoms with Crippen molar-refractivity contribution in [3.8, 4) is 0 Å². The Hall–Kier alpha value is -2.09. The van der Waals surface area contributed by atoms with Gasteiger partial charge in [0.15, 0.2) is 0 Å². The van der Waals surface area contributed by atoms with E-state index in [1.807, 2.05) is 11.4 Å². The van der Waals surface area contributed by atoms with Crippen LogP contribution in [-0.2, 0) is 9.53 Å². The monoisotopic (exact) mass is 339 g/mol. The van der Waals surface area contributed by atoms with Gasteiger partial charge in [0.05, 0.1) is 11.5 Å². The summed E-state index contributed by atoms with van der Waals surface area (Å²) in [5.41, 5.74) is 0. The summed E-state index contributed by atoms with van der Waals surface area (Å²) in [6, 6.07) is 3.56. The predicted octanol–water partition coefficient (Wildman–Crippen LogP) is 1.17. The third kappa shape index (κ3) is 4.95. The van der Waals surface area contributed by atoms with E-state index >= 15 is 0 Å². The van der Waals surface area contributed by atoms with Crippen molar-refractivity contribution in [3.05, 3.63) is 22.4 Å². The smallest absolute Gasteiger partial charge is 0.409 e. The third-order valence-corrected chi connectivity index (χ3v) is 4.40. The highest BCUT2D eigenvalue weighted by Gasteiger charge is 2.24. The Morgan fingerprint density at radius 3 is 2.52 bits per heavy atom. The van der Waals surface area contributed by atoms with Crippen LogP contribution in [0, 0.1) is 0 Å². The van der Waals surface area contributed by atoms with Crippen LogP contribution in [0.2, 0.25) is 0 Å². The quantitative estimate of drug-likeness (QED) is 0.873. The predicted molar refractivity (Wildman–Crippen MR) is 86.4 cm³/mol. The topological polar surface area (TPSA) is 79.0 Å². The molecule has 0 atom stereocenters. The number of carbonyl (C=O) groups excluding carboxylic acids is 3. The van der Waals surface area contributed by atoms with Crippen LogP contribution in [0.15, 0.2) is 17.5 Å². The second kappa shape index (κ2) is 8.52. The summed E-state index contributed by atoms with van der Waals surface area (Å²) in [5, 5.41) is 4.57. The molecule has 0 unspecified atom stereocenters. The maximum absolute atomic E-state index is 12.1. The van der Waals surface area contributed by atoms with E-state index in [0.717, 1.165) is 0 Å². The molecule has 0 saturated carbocycles. The molecular weight excluding hydrogens is 318 g/mol. The van der Waals surface area contributed by atoms with Gasteiger partial charge in [-0.15, -0.1) is 11.3 Å². The van der Waals surface area contributed by atoms with E-state index < -0.39 is 0 Å². The second-order valence-electron chi connectivity index (χ2n) is 5.05. The number of nitrogens with zero attached hydrogens (tertiary/aromatic N) is 2. The molecule has 8 heteroatoms. The average molecular weight is 339 g/mol. The van der Waals surface area contributed by atoms with Gasteiger partial charge in [0.25, 0.3) is 5.91 Å². The number of rotatable bonds is 5. The number of hydrogen-bond donors (Lipinski definition) is 1. The van der Waals surface area contributed by atoms with E-state index in [1.165, 1.54) is 11.3 Å². The zero-order valence-corrected chi connectivity index (χ0v) is 13.9. The Morgan fingerprint density at radius 2 is 1.91 bits per heavy atom. The van der Waals surface area contributed by atoms with Crippen LogP contribution in [0.25, 0.3) is 0 Å². The SMILES string of the molecule is CCOC(=O)N1CCN(C(=O)CCNC(=O)c2cccs2)CC1. The molecule has 7 nitrogen and oxygen atoms in total. The summed E-state index contributed by atoms with van der Waals surface area (Å²) in [4.78, 5) is 39.4. The van der Waals surface area contributed by atoms with Gasteiger partial charge in [-0.1, -0.05) is 6.07 Å². The van der Waals surface area contributed by atoms with Crippen molar-refractivity contribution in [1.29, 1.82) is 0 Å². The zero-order chi connectivity index (χ0) is 16.7. The molecule has 126 valence electrons. The van der Waals surface area contributed by atoms with Crippen molar-refractivity contribution in [3.63, 3.8) is 0 Å². The molecule has 0 aromatic carbocycles. The number of nitrogens with one attached hydrogen (secondary N) is 1. The van der Waals surface area contributed by atoms with Gasteiger partial charge in [-0.2, -0.15) is 0 Å². The van der Waals surface area contributed by atoms with Crippen molar-refractivity contribution in [2.75, 3.05) is 39.3 Å². The Bertz CT molecular complexity index is 539. The highest BCUT2D eigenvalue weighted by molar-refractivity contribution is 7.12. The molecule has 1 N–H and O–H groups in total. The lowest BCUT2D eigenvalue weighted by Gasteiger charge is -2.34. The highest BCUT2D eigenvalue weighted by Crippen LogP contribution is 2.08. The van der Waals surface area contributed by atoms with Crippen LogP contribution < -0.4 is 5.32 Å². The number of amides is 3. The third-order valence-electron chi connectivity index (χ3n) is 3.53. The molecule has 0 radical (unpaired) electrons. The van der Waals surface area contributed by atoms with Gasteiger partial charge in [-0.3, -0.25) is 9.59 Å². The van der Waals surface area contributed by atoms with Gasteiger partial charge in [0.2, 0.25) is 5.91 Å². The van der Waals surface area contributed by atoms with Gasteiger partial charge >= 0.3 is 6.09 Å². The van der Waals surface area contributed by atoms with Crippen LogP contribution >= 0.6 is 11.3 Å². The lowest BCUT2D eigenvalue weighted by Crippen LogP contribution is -2.51. The zero-order valence-electron chi connectivity index (χ0n) is 13.1. The summed E-state index contributed by atoms with van der Waals surface area (Å²) in [6.45, 7) is 4.38. The van der Waals surface area contributed by atoms with Crippen LogP contribution in [0.5, 0.6) is 0 Å². The van der Waals surface area contributed by atoms with Crippen molar-refractivity contribution in [2.45, 2.75) is 13.3 Å². The van der Waals surface area contributed by atoms with E-state index in [9.17, 15) is 14.4 Å². The Balaban J connectivity index is 1.67. The summed E-state index contributed by atoms with van der Waals surface area (Å²) in [5.74, 6) is -0.167. The fraction of sp³-hybridized carbons (Fsp3) is 0.533.